The molecule has 0 saturated carbocycles. The lowest BCUT2D eigenvalue weighted by atomic mass is 10.2. The van der Waals surface area contributed by atoms with Crippen LogP contribution in [-0.2, 0) is 6.42 Å². The van der Waals surface area contributed by atoms with Crippen LogP contribution in [0.15, 0.2) is 132 Å². The van der Waals surface area contributed by atoms with Crippen LogP contribution in [0, 0.1) is 0 Å². The van der Waals surface area contributed by atoms with Gasteiger partial charge in [0.2, 0.25) is 0 Å². The van der Waals surface area contributed by atoms with Gasteiger partial charge in [0.25, 0.3) is 5.56 Å². The van der Waals surface area contributed by atoms with E-state index < -0.39 is 7.26 Å². The van der Waals surface area contributed by atoms with E-state index in [-0.39, 0.29) is 22.5 Å². The van der Waals surface area contributed by atoms with Crippen LogP contribution in [0.5, 0.6) is 0 Å². The van der Waals surface area contributed by atoms with Gasteiger partial charge in [0.1, 0.15) is 23.2 Å². The summed E-state index contributed by atoms with van der Waals surface area (Å²) in [6.07, 6.45) is 4.04. The van der Waals surface area contributed by atoms with Crippen LogP contribution in [0.2, 0.25) is 0 Å². The van der Waals surface area contributed by atoms with Crippen molar-refractivity contribution in [2.75, 3.05) is 6.16 Å². The molecule has 0 aliphatic rings. The maximum absolute atomic E-state index is 12.5. The summed E-state index contributed by atoms with van der Waals surface area (Å²) < 4.78 is 1.63. The highest BCUT2D eigenvalue weighted by atomic mass is 79.9. The van der Waals surface area contributed by atoms with Gasteiger partial charge in [0, 0.05) is 11.8 Å². The number of para-hydroxylation sites is 1. The molecule has 3 nitrogen and oxygen atoms in total. The zero-order valence-corrected chi connectivity index (χ0v) is 22.6. The van der Waals surface area contributed by atoms with Gasteiger partial charge >= 0.3 is 0 Å². The van der Waals surface area contributed by atoms with Crippen LogP contribution in [0.3, 0.4) is 0 Å². The summed E-state index contributed by atoms with van der Waals surface area (Å²) in [5.74, 6) is 0. The highest BCUT2D eigenvalue weighted by Crippen LogP contribution is 2.55. The van der Waals surface area contributed by atoms with Crippen LogP contribution < -0.4 is 38.5 Å². The second kappa shape index (κ2) is 12.2. The Morgan fingerprint density at radius 3 is 1.53 bits per heavy atom. The molecule has 36 heavy (non-hydrogen) atoms. The molecule has 0 radical (unpaired) electrons. The fourth-order valence-corrected chi connectivity index (χ4v) is 9.30. The SMILES string of the molecule is O=c1cc(CCCC[P+](c2ccccc2)(c2ccccc2)c2ccccc2)[nH]n1-c1ccccc1.[Br-]. The van der Waals surface area contributed by atoms with Crippen molar-refractivity contribution in [1.29, 1.82) is 0 Å². The van der Waals surface area contributed by atoms with Crippen LogP contribution in [0.25, 0.3) is 5.69 Å². The van der Waals surface area contributed by atoms with Crippen LogP contribution in [0.4, 0.5) is 0 Å². The molecule has 0 fully saturated rings. The molecule has 1 aromatic heterocycles. The van der Waals surface area contributed by atoms with Gasteiger partial charge < -0.3 is 17.0 Å². The third-order valence-electron chi connectivity index (χ3n) is 6.57. The molecule has 5 aromatic rings. The predicted molar refractivity (Wildman–Crippen MR) is 149 cm³/mol. The van der Waals surface area contributed by atoms with Gasteiger partial charge in [-0.25, -0.2) is 4.68 Å². The van der Waals surface area contributed by atoms with E-state index in [1.165, 1.54) is 15.9 Å². The molecule has 0 unspecified atom stereocenters. The maximum atomic E-state index is 12.5. The van der Waals surface area contributed by atoms with Gasteiger partial charge in [-0.2, -0.15) is 0 Å². The van der Waals surface area contributed by atoms with Gasteiger partial charge in [-0.05, 0) is 67.8 Å². The summed E-state index contributed by atoms with van der Waals surface area (Å²) in [6.45, 7) is 0. The van der Waals surface area contributed by atoms with E-state index in [0.717, 1.165) is 36.8 Å². The number of hydrogen-bond donors (Lipinski definition) is 1. The summed E-state index contributed by atoms with van der Waals surface area (Å²) in [5.41, 5.74) is 1.85. The number of aryl methyl sites for hydroxylation is 1. The quantitative estimate of drug-likeness (QED) is 0.220. The third kappa shape index (κ3) is 5.46. The number of benzene rings is 4. The van der Waals surface area contributed by atoms with Crippen molar-refractivity contribution in [2.45, 2.75) is 19.3 Å². The van der Waals surface area contributed by atoms with Crippen LogP contribution in [0.1, 0.15) is 18.5 Å². The highest BCUT2D eigenvalue weighted by molar-refractivity contribution is 7.95. The van der Waals surface area contributed by atoms with Crippen molar-refractivity contribution in [3.8, 4) is 5.69 Å². The highest BCUT2D eigenvalue weighted by Gasteiger charge is 2.44. The van der Waals surface area contributed by atoms with Crippen molar-refractivity contribution < 1.29 is 17.0 Å². The average molecular weight is 557 g/mol. The minimum atomic E-state index is -1.80. The van der Waals surface area contributed by atoms with Crippen molar-refractivity contribution in [1.82, 2.24) is 9.78 Å². The molecule has 0 saturated heterocycles. The van der Waals surface area contributed by atoms with Crippen molar-refractivity contribution in [3.05, 3.63) is 143 Å². The van der Waals surface area contributed by atoms with E-state index >= 15 is 0 Å². The Labute approximate surface area is 223 Å². The van der Waals surface area contributed by atoms with E-state index in [0.29, 0.717) is 0 Å². The Morgan fingerprint density at radius 1 is 0.611 bits per heavy atom. The van der Waals surface area contributed by atoms with Crippen molar-refractivity contribution in [3.63, 3.8) is 0 Å². The number of aromatic nitrogens is 2. The lowest BCUT2D eigenvalue weighted by Gasteiger charge is -2.27. The fraction of sp³-hybridized carbons (Fsp3) is 0.129. The minimum Gasteiger partial charge on any atom is -1.00 e. The molecule has 0 aliphatic heterocycles. The number of nitrogens with one attached hydrogen (secondary N) is 1. The average Bonchev–Trinajstić information content (AvgIpc) is 3.31. The second-order valence-electron chi connectivity index (χ2n) is 8.79. The van der Waals surface area contributed by atoms with Crippen LogP contribution >= 0.6 is 7.26 Å². The van der Waals surface area contributed by atoms with Crippen molar-refractivity contribution >= 4 is 23.2 Å². The largest absolute Gasteiger partial charge is 1.00 e. The minimum absolute atomic E-state index is 0. The van der Waals surface area contributed by atoms with E-state index in [2.05, 4.69) is 96.1 Å². The molecular weight excluding hydrogens is 527 g/mol. The topological polar surface area (TPSA) is 37.8 Å². The Hall–Kier alpha value is -3.20. The third-order valence-corrected chi connectivity index (χ3v) is 11.1. The molecule has 5 heteroatoms. The van der Waals surface area contributed by atoms with Gasteiger partial charge in [-0.15, -0.1) is 0 Å². The van der Waals surface area contributed by atoms with E-state index in [1.54, 1.807) is 10.7 Å². The molecule has 0 atom stereocenters. The van der Waals surface area contributed by atoms with Gasteiger partial charge in [0.15, 0.2) is 0 Å². The first-order valence-electron chi connectivity index (χ1n) is 12.2. The number of halogens is 1. The number of rotatable bonds is 9. The van der Waals surface area contributed by atoms with E-state index in [1.807, 2.05) is 30.3 Å². The Bertz CT molecular complexity index is 1300. The number of H-pyrrole nitrogens is 1. The molecule has 4 aromatic carbocycles. The fourth-order valence-electron chi connectivity index (χ4n) is 4.89. The Kier molecular flexibility index (Phi) is 8.74. The van der Waals surface area contributed by atoms with Crippen LogP contribution in [-0.4, -0.2) is 15.9 Å². The molecule has 0 aliphatic carbocycles. The molecule has 182 valence electrons. The monoisotopic (exact) mass is 556 g/mol. The summed E-state index contributed by atoms with van der Waals surface area (Å²) in [5, 5.41) is 7.56. The molecule has 1 N–H and O–H groups in total. The standard InChI is InChI=1S/C31H29N2OP.BrH/c34-31-25-26(32-33(31)27-16-5-1-6-17-27)15-13-14-24-35(28-18-7-2-8-19-28,29-20-9-3-10-21-29)30-22-11-4-12-23-30;/h1-12,16-23,25H,13-15,24H2;1H. The molecule has 0 bridgehead atoms. The summed E-state index contributed by atoms with van der Waals surface area (Å²) in [7, 11) is -1.80. The molecular formula is C31H30BrN2OP. The summed E-state index contributed by atoms with van der Waals surface area (Å²) >= 11 is 0. The first-order chi connectivity index (χ1) is 17.3. The van der Waals surface area contributed by atoms with Crippen molar-refractivity contribution in [2.24, 2.45) is 0 Å². The van der Waals surface area contributed by atoms with Gasteiger partial charge in [0.05, 0.1) is 11.8 Å². The second-order valence-corrected chi connectivity index (χ2v) is 12.4. The number of hydrogen-bond acceptors (Lipinski definition) is 1. The Morgan fingerprint density at radius 2 is 1.06 bits per heavy atom. The predicted octanol–water partition coefficient (Wildman–Crippen LogP) is 2.49. The van der Waals surface area contributed by atoms with Gasteiger partial charge in [-0.1, -0.05) is 72.8 Å². The molecule has 1 heterocycles. The van der Waals surface area contributed by atoms with E-state index in [9.17, 15) is 4.79 Å². The summed E-state index contributed by atoms with van der Waals surface area (Å²) in [4.78, 5) is 12.5. The first kappa shape index (κ1) is 25.9. The number of unbranched alkanes of at least 4 members (excludes halogenated alkanes) is 1. The maximum Gasteiger partial charge on any atom is 0.271 e. The first-order valence-corrected chi connectivity index (χ1v) is 14.2. The number of aromatic amines is 1. The lowest BCUT2D eigenvalue weighted by Crippen LogP contribution is -3.00. The van der Waals surface area contributed by atoms with Gasteiger partial charge in [-0.3, -0.25) is 9.89 Å². The zero-order valence-electron chi connectivity index (χ0n) is 20.1. The molecule has 0 amide bonds. The smallest absolute Gasteiger partial charge is 0.271 e. The number of nitrogens with zero attached hydrogens (tertiary/aromatic N) is 1. The van der Waals surface area contributed by atoms with E-state index in [4.69, 9.17) is 0 Å². The summed E-state index contributed by atoms with van der Waals surface area (Å²) in [6, 6.07) is 44.5. The lowest BCUT2D eigenvalue weighted by molar-refractivity contribution is -0.00000695. The normalized spacial score (nSPS) is 11.1. The Balaban J connectivity index is 0.00000304. The zero-order chi connectivity index (χ0) is 23.9. The molecule has 5 rings (SSSR count). The molecule has 0 spiro atoms.